The van der Waals surface area contributed by atoms with Gasteiger partial charge in [0.1, 0.15) is 10.1 Å². The third kappa shape index (κ3) is 20.0. The maximum Gasteiger partial charge on any atom is 0.102 e. The van der Waals surface area contributed by atoms with E-state index in [1.807, 2.05) is 6.07 Å². The predicted octanol–water partition coefficient (Wildman–Crippen LogP) is 10.6. The first-order valence-electron chi connectivity index (χ1n) is 17.1. The van der Waals surface area contributed by atoms with E-state index >= 15 is 0 Å². The van der Waals surface area contributed by atoms with E-state index in [0.29, 0.717) is 12.0 Å². The topological polar surface area (TPSA) is 57.2 Å². The maximum atomic E-state index is 11.5. The van der Waals surface area contributed by atoms with Crippen molar-refractivity contribution in [1.29, 1.82) is 0 Å². The Balaban J connectivity index is 0.000000799. The summed E-state index contributed by atoms with van der Waals surface area (Å²) >= 11 is 0. The Bertz CT molecular complexity index is 729. The van der Waals surface area contributed by atoms with Crippen molar-refractivity contribution in [1.82, 2.24) is 0 Å². The molecule has 40 heavy (non-hydrogen) atoms. The molecule has 1 unspecified atom stereocenters. The molecule has 0 amide bonds. The van der Waals surface area contributed by atoms with E-state index in [-0.39, 0.29) is 0 Å². The van der Waals surface area contributed by atoms with Crippen LogP contribution in [0.5, 0.6) is 0 Å². The molecule has 0 saturated carbocycles. The summed E-state index contributed by atoms with van der Waals surface area (Å²) in [4.78, 5) is 0. The summed E-state index contributed by atoms with van der Waals surface area (Å²) in [5.41, 5.74) is 0.624. The van der Waals surface area contributed by atoms with E-state index in [0.717, 1.165) is 19.3 Å². The lowest BCUT2D eigenvalue weighted by molar-refractivity contribution is -0.929. The summed E-state index contributed by atoms with van der Waals surface area (Å²) in [5.74, 6) is 0. The number of benzene rings is 1. The Morgan fingerprint density at radius 3 is 1.25 bits per heavy atom. The van der Waals surface area contributed by atoms with Gasteiger partial charge >= 0.3 is 0 Å². The molecule has 0 aliphatic rings. The highest BCUT2D eigenvalue weighted by molar-refractivity contribution is 7.86. The number of hydrogen-bond donors (Lipinski definition) is 0. The molecule has 0 aliphatic heterocycles. The van der Waals surface area contributed by atoms with Crippen molar-refractivity contribution in [2.75, 3.05) is 26.2 Å². The Morgan fingerprint density at radius 2 is 0.900 bits per heavy atom. The molecule has 0 aromatic heterocycles. The lowest BCUT2D eigenvalue weighted by Gasteiger charge is -2.39. The van der Waals surface area contributed by atoms with Crippen LogP contribution in [-0.4, -0.2) is 43.6 Å². The molecule has 5 heteroatoms. The Labute approximate surface area is 251 Å². The summed E-state index contributed by atoms with van der Waals surface area (Å²) in [6, 6.07) is 8.86. The van der Waals surface area contributed by atoms with Crippen molar-refractivity contribution in [2.24, 2.45) is 0 Å². The van der Waals surface area contributed by atoms with Gasteiger partial charge in [0, 0.05) is 0 Å². The second kappa shape index (κ2) is 25.8. The molecular formula is C35H67NO3S. The van der Waals surface area contributed by atoms with Gasteiger partial charge in [-0.1, -0.05) is 155 Å². The summed E-state index contributed by atoms with van der Waals surface area (Å²) in [7, 11) is -4.28. The van der Waals surface area contributed by atoms with Crippen molar-refractivity contribution in [3.05, 3.63) is 35.9 Å². The Kier molecular flexibility index (Phi) is 25.2. The number of nitrogens with zero attached hydrogens (tertiary/aromatic N) is 1. The molecule has 0 bridgehead atoms. The zero-order chi connectivity index (χ0) is 30.0. The van der Waals surface area contributed by atoms with Crippen LogP contribution in [0.4, 0.5) is 0 Å². The zero-order valence-electron chi connectivity index (χ0n) is 27.3. The van der Waals surface area contributed by atoms with Crippen LogP contribution in [0.25, 0.3) is 0 Å². The number of quaternary nitrogens is 1. The smallest absolute Gasteiger partial charge is 0.102 e. The quantitative estimate of drug-likeness (QED) is 0.0655. The minimum absolute atomic E-state index is 0.437. The summed E-state index contributed by atoms with van der Waals surface area (Å²) in [6.45, 7) is 17.2. The van der Waals surface area contributed by atoms with Gasteiger partial charge < -0.3 is 9.04 Å². The lowest BCUT2D eigenvalue weighted by atomic mass is 10.0. The molecule has 0 heterocycles. The summed E-state index contributed by atoms with van der Waals surface area (Å²) in [5, 5.41) is -0.891. The van der Waals surface area contributed by atoms with E-state index in [4.69, 9.17) is 0 Å². The predicted molar refractivity (Wildman–Crippen MR) is 175 cm³/mol. The van der Waals surface area contributed by atoms with Crippen molar-refractivity contribution >= 4 is 10.1 Å². The lowest BCUT2D eigenvalue weighted by Crippen LogP contribution is -2.50. The van der Waals surface area contributed by atoms with Crippen LogP contribution in [0.15, 0.2) is 30.3 Å². The average molecular weight is 582 g/mol. The molecule has 1 aromatic carbocycles. The van der Waals surface area contributed by atoms with Gasteiger partial charge in [0.05, 0.1) is 31.4 Å². The van der Waals surface area contributed by atoms with Crippen molar-refractivity contribution in [3.8, 4) is 0 Å². The first-order chi connectivity index (χ1) is 19.3. The molecule has 0 radical (unpaired) electrons. The fourth-order valence-electron chi connectivity index (χ4n) is 5.61. The minimum Gasteiger partial charge on any atom is -0.747 e. The fraction of sp³-hybridized carbons (Fsp3) is 0.829. The van der Waals surface area contributed by atoms with Gasteiger partial charge in [-0.3, -0.25) is 0 Å². The van der Waals surface area contributed by atoms with Gasteiger partial charge in [-0.25, -0.2) is 8.42 Å². The summed E-state index contributed by atoms with van der Waals surface area (Å²) < 4.78 is 35.8. The normalized spacial score (nSPS) is 12.7. The van der Waals surface area contributed by atoms with Gasteiger partial charge in [0.25, 0.3) is 0 Å². The van der Waals surface area contributed by atoms with Gasteiger partial charge in [0.2, 0.25) is 0 Å². The molecule has 0 fully saturated rings. The first kappa shape index (κ1) is 39.1. The number of unbranched alkanes of at least 4 members (excludes halogenated alkanes) is 13. The van der Waals surface area contributed by atoms with E-state index in [2.05, 4.69) is 34.6 Å². The average Bonchev–Trinajstić information content (AvgIpc) is 2.95. The molecule has 4 nitrogen and oxygen atoms in total. The van der Waals surface area contributed by atoms with E-state index in [1.54, 1.807) is 24.3 Å². The molecule has 0 aliphatic carbocycles. The van der Waals surface area contributed by atoms with Crippen LogP contribution in [0.2, 0.25) is 0 Å². The van der Waals surface area contributed by atoms with Crippen LogP contribution >= 0.6 is 0 Å². The SMILES string of the molecule is CCCCCCCCCCCCC(c1ccccc1)S(=O)(=O)[O-].CCCC[N+](CCCC)(CCCC)CCCC. The first-order valence-corrected chi connectivity index (χ1v) is 18.6. The van der Waals surface area contributed by atoms with Crippen LogP contribution in [0.3, 0.4) is 0 Å². The standard InChI is InChI=1S/C19H32O3S.C16H36N/c1-2-3-4-5-6-7-8-9-10-14-17-19(23(20,21)22)18-15-12-11-13-16-18;1-5-9-13-17(14-10-6-2,15-11-7-3)16-12-8-4/h11-13,15-16,19H,2-10,14,17H2,1H3,(H,20,21,22);5-16H2,1-4H3/q;+1/p-1. The van der Waals surface area contributed by atoms with Gasteiger partial charge in [-0.15, -0.1) is 0 Å². The monoisotopic (exact) mass is 581 g/mol. The van der Waals surface area contributed by atoms with Crippen LogP contribution in [0, 0.1) is 0 Å². The summed E-state index contributed by atoms with van der Waals surface area (Å²) in [6.07, 6.45) is 23.5. The van der Waals surface area contributed by atoms with Crippen LogP contribution in [-0.2, 0) is 10.1 Å². The number of hydrogen-bond acceptors (Lipinski definition) is 3. The van der Waals surface area contributed by atoms with E-state index in [1.165, 1.54) is 127 Å². The van der Waals surface area contributed by atoms with Crippen molar-refractivity contribution < 1.29 is 17.5 Å². The molecule has 0 spiro atoms. The molecular weight excluding hydrogens is 514 g/mol. The molecule has 0 saturated heterocycles. The van der Waals surface area contributed by atoms with Gasteiger partial charge in [-0.2, -0.15) is 0 Å². The van der Waals surface area contributed by atoms with E-state index < -0.39 is 15.4 Å². The second-order valence-electron chi connectivity index (χ2n) is 12.0. The van der Waals surface area contributed by atoms with Crippen LogP contribution in [0.1, 0.15) is 167 Å². The third-order valence-corrected chi connectivity index (χ3v) is 9.49. The van der Waals surface area contributed by atoms with Gasteiger partial charge in [0.15, 0.2) is 0 Å². The van der Waals surface area contributed by atoms with Crippen molar-refractivity contribution in [3.63, 3.8) is 0 Å². The minimum atomic E-state index is -4.28. The third-order valence-electron chi connectivity index (χ3n) is 8.28. The van der Waals surface area contributed by atoms with E-state index in [9.17, 15) is 13.0 Å². The largest absolute Gasteiger partial charge is 0.747 e. The fourth-order valence-corrected chi connectivity index (χ4v) is 6.55. The highest BCUT2D eigenvalue weighted by Gasteiger charge is 2.24. The molecule has 1 atom stereocenters. The van der Waals surface area contributed by atoms with Crippen LogP contribution < -0.4 is 0 Å². The molecule has 1 aromatic rings. The maximum absolute atomic E-state index is 11.5. The molecule has 1 rings (SSSR count). The molecule has 0 N–H and O–H groups in total. The Morgan fingerprint density at radius 1 is 0.550 bits per heavy atom. The second-order valence-corrected chi connectivity index (χ2v) is 13.6. The molecule has 236 valence electrons. The Hall–Kier alpha value is -0.910. The number of rotatable bonds is 25. The van der Waals surface area contributed by atoms with Crippen molar-refractivity contribution in [2.45, 2.75) is 162 Å². The van der Waals surface area contributed by atoms with Gasteiger partial charge in [-0.05, 0) is 37.7 Å². The highest BCUT2D eigenvalue weighted by atomic mass is 32.2. The zero-order valence-corrected chi connectivity index (χ0v) is 28.1. The highest BCUT2D eigenvalue weighted by Crippen LogP contribution is 2.27.